The van der Waals surface area contributed by atoms with Gasteiger partial charge in [0.05, 0.1) is 22.9 Å². The molecule has 1 amide bonds. The maximum absolute atomic E-state index is 12.3. The topological polar surface area (TPSA) is 51.7 Å². The Morgan fingerprint density at radius 2 is 1.71 bits per heavy atom. The summed E-state index contributed by atoms with van der Waals surface area (Å²) in [7, 11) is 3.04. The molecule has 0 radical (unpaired) electrons. The summed E-state index contributed by atoms with van der Waals surface area (Å²) in [6.45, 7) is 0. The Bertz CT molecular complexity index is 1110. The number of ether oxygens (including phenoxy) is 1. The Morgan fingerprint density at radius 3 is 2.43 bits per heavy atom. The molecule has 2 heterocycles. The van der Waals surface area contributed by atoms with Crippen molar-refractivity contribution in [3.05, 3.63) is 77.9 Å². The second kappa shape index (κ2) is 7.80. The van der Waals surface area contributed by atoms with E-state index in [4.69, 9.17) is 9.57 Å². The van der Waals surface area contributed by atoms with Crippen LogP contribution in [0.15, 0.2) is 73.1 Å². The lowest BCUT2D eigenvalue weighted by Crippen LogP contribution is -2.24. The number of hydrogen-bond donors (Lipinski definition) is 0. The number of thiophene rings is 1. The van der Waals surface area contributed by atoms with E-state index < -0.39 is 0 Å². The highest BCUT2D eigenvalue weighted by Gasteiger charge is 2.17. The van der Waals surface area contributed by atoms with Gasteiger partial charge in [0.25, 0.3) is 5.91 Å². The molecule has 2 aromatic heterocycles. The maximum Gasteiger partial charge on any atom is 0.287 e. The predicted octanol–water partition coefficient (Wildman–Crippen LogP) is 5.39. The van der Waals surface area contributed by atoms with Crippen molar-refractivity contribution < 1.29 is 14.4 Å². The normalized spacial score (nSPS) is 10.8. The molecule has 4 aromatic rings. The van der Waals surface area contributed by atoms with Gasteiger partial charge >= 0.3 is 0 Å². The highest BCUT2D eigenvalue weighted by Crippen LogP contribution is 2.35. The SMILES string of the molecule is CON(C)C(=O)c1cc2c(Oc3ccc(-c4ccccc4)cc3)cncc2s1. The summed E-state index contributed by atoms with van der Waals surface area (Å²) in [4.78, 5) is 22.1. The highest BCUT2D eigenvalue weighted by atomic mass is 32.1. The Kier molecular flexibility index (Phi) is 5.06. The van der Waals surface area contributed by atoms with E-state index in [-0.39, 0.29) is 5.91 Å². The number of amides is 1. The first-order valence-corrected chi connectivity index (χ1v) is 9.50. The zero-order valence-electron chi connectivity index (χ0n) is 15.5. The fourth-order valence-electron chi connectivity index (χ4n) is 2.83. The summed E-state index contributed by atoms with van der Waals surface area (Å²) in [5.41, 5.74) is 2.27. The predicted molar refractivity (Wildman–Crippen MR) is 111 cm³/mol. The van der Waals surface area contributed by atoms with Crippen molar-refractivity contribution in [1.82, 2.24) is 10.0 Å². The zero-order valence-corrected chi connectivity index (χ0v) is 16.3. The smallest absolute Gasteiger partial charge is 0.287 e. The van der Waals surface area contributed by atoms with Crippen LogP contribution in [0.2, 0.25) is 0 Å². The maximum atomic E-state index is 12.3. The first-order chi connectivity index (χ1) is 13.7. The van der Waals surface area contributed by atoms with Gasteiger partial charge in [-0.25, -0.2) is 5.06 Å². The summed E-state index contributed by atoms with van der Waals surface area (Å²) >= 11 is 1.36. The number of hydrogen-bond acceptors (Lipinski definition) is 5. The van der Waals surface area contributed by atoms with Crippen molar-refractivity contribution in [2.75, 3.05) is 14.2 Å². The molecule has 6 heteroatoms. The summed E-state index contributed by atoms with van der Waals surface area (Å²) in [5, 5.41) is 2.04. The molecule has 0 fully saturated rings. The highest BCUT2D eigenvalue weighted by molar-refractivity contribution is 7.20. The van der Waals surface area contributed by atoms with Crippen molar-refractivity contribution in [3.8, 4) is 22.6 Å². The molecule has 28 heavy (non-hydrogen) atoms. The average Bonchev–Trinajstić information content (AvgIpc) is 3.19. The fourth-order valence-corrected chi connectivity index (χ4v) is 3.85. The van der Waals surface area contributed by atoms with E-state index in [1.165, 1.54) is 23.5 Å². The van der Waals surface area contributed by atoms with Gasteiger partial charge in [0, 0.05) is 18.6 Å². The van der Waals surface area contributed by atoms with Gasteiger partial charge in [0.15, 0.2) is 5.75 Å². The molecular formula is C22H18N2O3S. The number of nitrogens with zero attached hydrogens (tertiary/aromatic N) is 2. The van der Waals surface area contributed by atoms with Gasteiger partial charge in [-0.2, -0.15) is 0 Å². The van der Waals surface area contributed by atoms with E-state index in [1.807, 2.05) is 48.5 Å². The third-order valence-corrected chi connectivity index (χ3v) is 5.43. The van der Waals surface area contributed by atoms with Crippen LogP contribution in [0.4, 0.5) is 0 Å². The van der Waals surface area contributed by atoms with Crippen LogP contribution in [0, 0.1) is 0 Å². The van der Waals surface area contributed by atoms with E-state index in [9.17, 15) is 4.79 Å². The molecule has 0 aliphatic heterocycles. The summed E-state index contributed by atoms with van der Waals surface area (Å²) in [6.07, 6.45) is 3.39. The number of rotatable bonds is 5. The average molecular weight is 390 g/mol. The van der Waals surface area contributed by atoms with Gasteiger partial charge in [-0.3, -0.25) is 14.6 Å². The molecule has 2 aromatic carbocycles. The van der Waals surface area contributed by atoms with Gasteiger partial charge in [0.1, 0.15) is 5.75 Å². The summed E-state index contributed by atoms with van der Waals surface area (Å²) in [5.74, 6) is 1.12. The third-order valence-electron chi connectivity index (χ3n) is 4.37. The van der Waals surface area contributed by atoms with Gasteiger partial charge in [-0.15, -0.1) is 11.3 Å². The standard InChI is InChI=1S/C22H18N2O3S/c1-24(26-2)22(25)20-12-18-19(13-23-14-21(18)28-20)27-17-10-8-16(9-11-17)15-6-4-3-5-7-15/h3-14H,1-2H3. The Morgan fingerprint density at radius 1 is 1.00 bits per heavy atom. The lowest BCUT2D eigenvalue weighted by Gasteiger charge is -2.11. The number of carbonyl (C=O) groups is 1. The van der Waals surface area contributed by atoms with Gasteiger partial charge in [0.2, 0.25) is 0 Å². The second-order valence-corrected chi connectivity index (χ2v) is 7.22. The van der Waals surface area contributed by atoms with Gasteiger partial charge in [-0.1, -0.05) is 42.5 Å². The van der Waals surface area contributed by atoms with Gasteiger partial charge in [-0.05, 0) is 29.3 Å². The molecule has 5 nitrogen and oxygen atoms in total. The van der Waals surface area contributed by atoms with Crippen LogP contribution in [0.25, 0.3) is 21.2 Å². The van der Waals surface area contributed by atoms with Crippen LogP contribution in [-0.4, -0.2) is 30.1 Å². The minimum atomic E-state index is -0.207. The lowest BCUT2D eigenvalue weighted by atomic mass is 10.1. The molecule has 0 N–H and O–H groups in total. The van der Waals surface area contributed by atoms with Crippen molar-refractivity contribution in [1.29, 1.82) is 0 Å². The largest absolute Gasteiger partial charge is 0.455 e. The number of benzene rings is 2. The van der Waals surface area contributed by atoms with Crippen LogP contribution in [-0.2, 0) is 4.84 Å². The molecule has 0 bridgehead atoms. The van der Waals surface area contributed by atoms with Gasteiger partial charge < -0.3 is 4.74 Å². The van der Waals surface area contributed by atoms with Crippen LogP contribution < -0.4 is 4.74 Å². The lowest BCUT2D eigenvalue weighted by molar-refractivity contribution is -0.0753. The number of carbonyl (C=O) groups excluding carboxylic acids is 1. The molecule has 140 valence electrons. The van der Waals surface area contributed by atoms with Crippen LogP contribution in [0.1, 0.15) is 9.67 Å². The Hall–Kier alpha value is -3.22. The quantitative estimate of drug-likeness (QED) is 0.429. The van der Waals surface area contributed by atoms with Crippen LogP contribution >= 0.6 is 11.3 Å². The van der Waals surface area contributed by atoms with E-state index >= 15 is 0 Å². The van der Waals surface area contributed by atoms with E-state index in [2.05, 4.69) is 17.1 Å². The third kappa shape index (κ3) is 3.60. The number of hydroxylamine groups is 2. The molecule has 0 aliphatic carbocycles. The number of aromatic nitrogens is 1. The monoisotopic (exact) mass is 390 g/mol. The molecule has 0 saturated carbocycles. The van der Waals surface area contributed by atoms with E-state index in [0.717, 1.165) is 21.2 Å². The van der Waals surface area contributed by atoms with Crippen LogP contribution in [0.5, 0.6) is 11.5 Å². The number of fused-ring (bicyclic) bond motifs is 1. The minimum Gasteiger partial charge on any atom is -0.455 e. The van der Waals surface area contributed by atoms with Crippen molar-refractivity contribution in [2.24, 2.45) is 0 Å². The van der Waals surface area contributed by atoms with Crippen LogP contribution in [0.3, 0.4) is 0 Å². The molecule has 0 atom stereocenters. The minimum absolute atomic E-state index is 0.207. The van der Waals surface area contributed by atoms with Crippen molar-refractivity contribution >= 4 is 27.3 Å². The second-order valence-electron chi connectivity index (χ2n) is 6.14. The first-order valence-electron chi connectivity index (χ1n) is 8.69. The fraction of sp³-hybridized carbons (Fsp3) is 0.0909. The first kappa shape index (κ1) is 18.2. The summed E-state index contributed by atoms with van der Waals surface area (Å²) < 4.78 is 6.93. The molecule has 0 spiro atoms. The molecule has 0 unspecified atom stereocenters. The van der Waals surface area contributed by atoms with E-state index in [0.29, 0.717) is 16.4 Å². The van der Waals surface area contributed by atoms with E-state index in [1.54, 1.807) is 19.4 Å². The summed E-state index contributed by atoms with van der Waals surface area (Å²) in [6, 6.07) is 19.9. The van der Waals surface area contributed by atoms with Crippen molar-refractivity contribution in [3.63, 3.8) is 0 Å². The number of pyridine rings is 1. The molecule has 4 rings (SSSR count). The Balaban J connectivity index is 1.61. The molecular weight excluding hydrogens is 372 g/mol. The zero-order chi connectivity index (χ0) is 19.5. The molecule has 0 saturated heterocycles. The van der Waals surface area contributed by atoms with Crippen molar-refractivity contribution in [2.45, 2.75) is 0 Å². The molecule has 0 aliphatic rings. The Labute approximate surface area is 166 Å².